The first-order valence-electron chi connectivity index (χ1n) is 10.2. The monoisotopic (exact) mass is 441 g/mol. The molecule has 2 aromatic carbocycles. The predicted molar refractivity (Wildman–Crippen MR) is 122 cm³/mol. The van der Waals surface area contributed by atoms with E-state index < -0.39 is 10.0 Å². The van der Waals surface area contributed by atoms with Crippen molar-refractivity contribution in [2.75, 3.05) is 50.1 Å². The molecule has 0 unspecified atom stereocenters. The van der Waals surface area contributed by atoms with E-state index in [-0.39, 0.29) is 10.8 Å². The molecule has 2 aliphatic heterocycles. The van der Waals surface area contributed by atoms with Crippen LogP contribution in [0, 0.1) is 0 Å². The highest BCUT2D eigenvalue weighted by Gasteiger charge is 2.34. The van der Waals surface area contributed by atoms with Gasteiger partial charge in [0.2, 0.25) is 10.0 Å². The number of nitrogens with zero attached hydrogens (tertiary/aromatic N) is 3. The van der Waals surface area contributed by atoms with Gasteiger partial charge in [-0.3, -0.25) is 4.79 Å². The zero-order chi connectivity index (χ0) is 22.3. The Kier molecular flexibility index (Phi) is 5.53. The van der Waals surface area contributed by atoms with Crippen LogP contribution < -0.4 is 14.5 Å². The number of allylic oxidation sites excluding steroid dienone is 1. The summed E-state index contributed by atoms with van der Waals surface area (Å²) < 4.78 is 33.7. The van der Waals surface area contributed by atoms with Crippen LogP contribution in [0.2, 0.25) is 0 Å². The summed E-state index contributed by atoms with van der Waals surface area (Å²) in [7, 11) is -0.320. The second kappa shape index (κ2) is 8.01. The molecule has 2 aliphatic rings. The third-order valence-electron chi connectivity index (χ3n) is 5.92. The quantitative estimate of drug-likeness (QED) is 0.683. The molecule has 4 rings (SSSR count). The van der Waals surface area contributed by atoms with Gasteiger partial charge < -0.3 is 14.5 Å². The second-order valence-electron chi connectivity index (χ2n) is 7.98. The van der Waals surface area contributed by atoms with Crippen molar-refractivity contribution in [1.82, 2.24) is 4.31 Å². The van der Waals surface area contributed by atoms with Crippen molar-refractivity contribution in [3.8, 4) is 5.75 Å². The molecule has 1 fully saturated rings. The molecule has 0 atom stereocenters. The third-order valence-corrected chi connectivity index (χ3v) is 7.81. The molecule has 0 saturated carbocycles. The Balaban J connectivity index is 1.59. The minimum absolute atomic E-state index is 0.102. The van der Waals surface area contributed by atoms with Gasteiger partial charge in [0.05, 0.1) is 23.4 Å². The molecular formula is C23H27N3O4S. The van der Waals surface area contributed by atoms with Gasteiger partial charge in [-0.05, 0) is 44.2 Å². The molecular weight excluding hydrogens is 414 g/mol. The first-order valence-corrected chi connectivity index (χ1v) is 11.7. The zero-order valence-electron chi connectivity index (χ0n) is 18.3. The van der Waals surface area contributed by atoms with Crippen molar-refractivity contribution in [3.05, 3.63) is 53.6 Å². The molecule has 31 heavy (non-hydrogen) atoms. The molecule has 7 nitrogen and oxygen atoms in total. The number of carbonyl (C=O) groups is 1. The number of carbonyl (C=O) groups excluding carboxylic acids is 1. The number of hydrogen-bond acceptors (Lipinski definition) is 5. The fraction of sp³-hybridized carbons (Fsp3) is 0.348. The first-order chi connectivity index (χ1) is 14.8. The number of para-hydroxylation sites is 2. The van der Waals surface area contributed by atoms with Crippen molar-refractivity contribution in [3.63, 3.8) is 0 Å². The number of ether oxygens (including phenoxy) is 1. The highest BCUT2D eigenvalue weighted by Crippen LogP contribution is 2.39. The van der Waals surface area contributed by atoms with Crippen LogP contribution in [0.25, 0.3) is 5.57 Å². The largest absolute Gasteiger partial charge is 0.495 e. The van der Waals surface area contributed by atoms with Gasteiger partial charge in [0.1, 0.15) is 5.75 Å². The Morgan fingerprint density at radius 2 is 1.65 bits per heavy atom. The highest BCUT2D eigenvalue weighted by molar-refractivity contribution is 7.89. The fourth-order valence-electron chi connectivity index (χ4n) is 4.25. The maximum Gasteiger partial charge on any atom is 0.258 e. The van der Waals surface area contributed by atoms with E-state index in [0.29, 0.717) is 37.3 Å². The second-order valence-corrected chi connectivity index (χ2v) is 9.92. The molecule has 1 amide bonds. The lowest BCUT2D eigenvalue weighted by molar-refractivity contribution is -0.112. The average Bonchev–Trinajstić information content (AvgIpc) is 3.03. The minimum Gasteiger partial charge on any atom is -0.495 e. The van der Waals surface area contributed by atoms with Crippen molar-refractivity contribution in [2.24, 2.45) is 0 Å². The third kappa shape index (κ3) is 3.59. The van der Waals surface area contributed by atoms with Gasteiger partial charge in [0.25, 0.3) is 5.91 Å². The molecule has 0 spiro atoms. The summed E-state index contributed by atoms with van der Waals surface area (Å²) in [6, 6.07) is 12.7. The number of methoxy groups -OCH3 is 1. The molecule has 1 saturated heterocycles. The summed E-state index contributed by atoms with van der Waals surface area (Å²) in [5.41, 5.74) is 3.84. The van der Waals surface area contributed by atoms with Crippen LogP contribution in [-0.2, 0) is 14.8 Å². The zero-order valence-corrected chi connectivity index (χ0v) is 19.1. The van der Waals surface area contributed by atoms with Crippen molar-refractivity contribution >= 4 is 32.9 Å². The van der Waals surface area contributed by atoms with E-state index in [1.54, 1.807) is 37.3 Å². The van der Waals surface area contributed by atoms with Gasteiger partial charge in [0.15, 0.2) is 0 Å². The molecule has 2 heterocycles. The molecule has 0 N–H and O–H groups in total. The summed E-state index contributed by atoms with van der Waals surface area (Å²) in [4.78, 5) is 16.5. The van der Waals surface area contributed by atoms with Crippen molar-refractivity contribution in [2.45, 2.75) is 18.7 Å². The maximum absolute atomic E-state index is 13.4. The van der Waals surface area contributed by atoms with E-state index in [0.717, 1.165) is 22.7 Å². The van der Waals surface area contributed by atoms with Crippen LogP contribution in [0.4, 0.5) is 11.4 Å². The number of benzene rings is 2. The van der Waals surface area contributed by atoms with Crippen LogP contribution in [0.3, 0.4) is 0 Å². The van der Waals surface area contributed by atoms with Crippen LogP contribution in [0.5, 0.6) is 5.75 Å². The topological polar surface area (TPSA) is 70.2 Å². The number of sulfonamides is 1. The summed E-state index contributed by atoms with van der Waals surface area (Å²) in [5, 5.41) is 0. The van der Waals surface area contributed by atoms with Crippen molar-refractivity contribution < 1.29 is 17.9 Å². The predicted octanol–water partition coefficient (Wildman–Crippen LogP) is 2.98. The lowest BCUT2D eigenvalue weighted by Gasteiger charge is -2.36. The Morgan fingerprint density at radius 1 is 0.968 bits per heavy atom. The SMILES string of the molecule is COc1ccccc1N1CCN(S(=O)(=O)c2ccc3c(c2)C(=C(C)C)C(=O)N3C)CC1. The van der Waals surface area contributed by atoms with Crippen molar-refractivity contribution in [1.29, 1.82) is 0 Å². The number of hydrogen-bond donors (Lipinski definition) is 0. The van der Waals surface area contributed by atoms with E-state index in [2.05, 4.69) is 4.90 Å². The van der Waals surface area contributed by atoms with E-state index in [1.807, 2.05) is 38.1 Å². The number of rotatable bonds is 4. The smallest absolute Gasteiger partial charge is 0.258 e. The van der Waals surface area contributed by atoms with Gasteiger partial charge >= 0.3 is 0 Å². The van der Waals surface area contributed by atoms with Crippen LogP contribution in [-0.4, -0.2) is 59.0 Å². The molecule has 0 aromatic heterocycles. The fourth-order valence-corrected chi connectivity index (χ4v) is 5.70. The van der Waals surface area contributed by atoms with E-state index >= 15 is 0 Å². The number of likely N-dealkylation sites (N-methyl/N-ethyl adjacent to an activating group) is 1. The Bertz CT molecular complexity index is 1160. The van der Waals surface area contributed by atoms with Gasteiger partial charge in [-0.25, -0.2) is 8.42 Å². The van der Waals surface area contributed by atoms with E-state index in [9.17, 15) is 13.2 Å². The lowest BCUT2D eigenvalue weighted by Crippen LogP contribution is -2.48. The standard InChI is InChI=1S/C23H27N3O4S/c1-16(2)22-18-15-17(9-10-19(18)24(3)23(22)27)31(28,29)26-13-11-25(12-14-26)20-7-5-6-8-21(20)30-4/h5-10,15H,11-14H2,1-4H3. The average molecular weight is 442 g/mol. The molecule has 2 aromatic rings. The summed E-state index contributed by atoms with van der Waals surface area (Å²) in [6.45, 7) is 5.65. The normalized spacial score (nSPS) is 17.2. The Hall–Kier alpha value is -2.84. The molecule has 0 radical (unpaired) electrons. The number of piperazine rings is 1. The highest BCUT2D eigenvalue weighted by atomic mass is 32.2. The van der Waals surface area contributed by atoms with Gasteiger partial charge in [-0.2, -0.15) is 4.31 Å². The number of amides is 1. The number of anilines is 2. The Morgan fingerprint density at radius 3 is 2.29 bits per heavy atom. The molecule has 0 bridgehead atoms. The lowest BCUT2D eigenvalue weighted by atomic mass is 10.0. The first kappa shape index (κ1) is 21.4. The number of fused-ring (bicyclic) bond motifs is 1. The molecule has 8 heteroatoms. The molecule has 0 aliphatic carbocycles. The summed E-state index contributed by atoms with van der Waals surface area (Å²) >= 11 is 0. The van der Waals surface area contributed by atoms with Crippen LogP contribution >= 0.6 is 0 Å². The summed E-state index contributed by atoms with van der Waals surface area (Å²) in [6.07, 6.45) is 0. The van der Waals surface area contributed by atoms with E-state index in [1.165, 1.54) is 4.31 Å². The van der Waals surface area contributed by atoms with E-state index in [4.69, 9.17) is 4.74 Å². The van der Waals surface area contributed by atoms with Gasteiger partial charge in [-0.1, -0.05) is 17.7 Å². The maximum atomic E-state index is 13.4. The van der Waals surface area contributed by atoms with Gasteiger partial charge in [0, 0.05) is 44.4 Å². The summed E-state index contributed by atoms with van der Waals surface area (Å²) in [5.74, 6) is 0.676. The molecule has 164 valence electrons. The van der Waals surface area contributed by atoms with Crippen LogP contribution in [0.1, 0.15) is 19.4 Å². The van der Waals surface area contributed by atoms with Crippen LogP contribution in [0.15, 0.2) is 52.9 Å². The minimum atomic E-state index is -3.67. The van der Waals surface area contributed by atoms with Gasteiger partial charge in [-0.15, -0.1) is 0 Å². The Labute approximate surface area is 183 Å².